The lowest BCUT2D eigenvalue weighted by Gasteiger charge is -2.49. The van der Waals surface area contributed by atoms with Crippen molar-refractivity contribution in [3.63, 3.8) is 0 Å². The van der Waals surface area contributed by atoms with Crippen molar-refractivity contribution >= 4 is 25.7 Å². The molecule has 18 unspecified atom stereocenters. The molecule has 0 spiro atoms. The molecule has 24 nitrogen and oxygen atoms in total. The highest BCUT2D eigenvalue weighted by molar-refractivity contribution is 7.47. The third kappa shape index (κ3) is 35.1. The lowest BCUT2D eigenvalue weighted by atomic mass is 9.84. The summed E-state index contributed by atoms with van der Waals surface area (Å²) >= 11 is 0. The van der Waals surface area contributed by atoms with Gasteiger partial charge in [-0.15, -0.1) is 0 Å². The van der Waals surface area contributed by atoms with Crippen LogP contribution in [0, 0.1) is 0 Å². The van der Waals surface area contributed by atoms with Gasteiger partial charge in [0.1, 0.15) is 98.7 Å². The fourth-order valence-electron chi connectivity index (χ4n) is 12.0. The van der Waals surface area contributed by atoms with Crippen LogP contribution in [0.1, 0.15) is 278 Å². The van der Waals surface area contributed by atoms with E-state index in [-0.39, 0.29) is 19.3 Å². The molecular formula is C69H127O24P. The number of ether oxygens (including phenoxy) is 7. The minimum absolute atomic E-state index is 0.0322. The fourth-order valence-corrected chi connectivity index (χ4v) is 13.0. The minimum Gasteiger partial charge on any atom is -0.463 e. The van der Waals surface area contributed by atoms with Crippen molar-refractivity contribution < 1.29 is 117 Å². The van der Waals surface area contributed by atoms with Crippen LogP contribution in [0.4, 0.5) is 0 Å². The van der Waals surface area contributed by atoms with Crippen LogP contribution >= 0.6 is 7.82 Å². The normalized spacial score (nSPS) is 28.3. The molecule has 1 saturated carbocycles. The van der Waals surface area contributed by atoms with Crippen LogP contribution in [0.25, 0.3) is 0 Å². The largest absolute Gasteiger partial charge is 0.472 e. The maximum absolute atomic E-state index is 14.3. The van der Waals surface area contributed by atoms with E-state index in [2.05, 4.69) is 32.9 Å². The summed E-state index contributed by atoms with van der Waals surface area (Å²) in [6.45, 7) is 3.41. The first-order valence-electron chi connectivity index (χ1n) is 36.5. The molecule has 3 aliphatic rings. The van der Waals surface area contributed by atoms with Gasteiger partial charge >= 0.3 is 25.7 Å². The Hall–Kier alpha value is -2.30. The highest BCUT2D eigenvalue weighted by Gasteiger charge is 2.58. The van der Waals surface area contributed by atoms with Crippen LogP contribution in [0.2, 0.25) is 0 Å². The van der Waals surface area contributed by atoms with Crippen molar-refractivity contribution in [2.24, 2.45) is 0 Å². The van der Waals surface area contributed by atoms with E-state index >= 15 is 0 Å². The zero-order valence-electron chi connectivity index (χ0n) is 57.3. The molecule has 0 aromatic heterocycles. The zero-order chi connectivity index (χ0) is 68.9. The van der Waals surface area contributed by atoms with Crippen LogP contribution in [-0.2, 0) is 61.2 Å². The van der Waals surface area contributed by atoms with Crippen LogP contribution in [0.3, 0.4) is 0 Å². The minimum atomic E-state index is -5.69. The first kappa shape index (κ1) is 85.9. The number of unbranched alkanes of at least 4 members (excludes halogenated alkanes) is 33. The summed E-state index contributed by atoms with van der Waals surface area (Å²) in [7, 11) is -5.69. The van der Waals surface area contributed by atoms with Gasteiger partial charge < -0.3 is 89.1 Å². The predicted molar refractivity (Wildman–Crippen MR) is 352 cm³/mol. The van der Waals surface area contributed by atoms with Gasteiger partial charge in [-0.25, -0.2) is 4.57 Å². The maximum atomic E-state index is 14.3. The topological polar surface area (TPSA) is 374 Å². The second kappa shape index (κ2) is 51.8. The summed E-state index contributed by atoms with van der Waals surface area (Å²) < 4.78 is 64.9. The van der Waals surface area contributed by atoms with E-state index in [9.17, 15) is 74.9 Å². The molecule has 0 amide bonds. The number of aliphatic hydroxyl groups excluding tert-OH is 10. The van der Waals surface area contributed by atoms with E-state index in [1.165, 1.54) is 103 Å². The average molecular weight is 1370 g/mol. The Labute approximate surface area is 561 Å². The third-order valence-corrected chi connectivity index (χ3v) is 19.0. The lowest BCUT2D eigenvalue weighted by molar-refractivity contribution is -0.360. The summed E-state index contributed by atoms with van der Waals surface area (Å²) in [5, 5.41) is 110. The quantitative estimate of drug-likeness (QED) is 0.00888. The van der Waals surface area contributed by atoms with Crippen molar-refractivity contribution in [3.8, 4) is 0 Å². The Kier molecular flexibility index (Phi) is 47.3. The van der Waals surface area contributed by atoms with Crippen molar-refractivity contribution in [2.45, 2.75) is 382 Å². The second-order valence-electron chi connectivity index (χ2n) is 26.3. The SMILES string of the molecule is CCCCCC/C=C\CCCCCCCCCC(=O)OCC(COP(=O)(O)OC1C(OC2OC(CO)C(O)C(O)C2O)C(O)C(O)C(O)C1OC1OC(COC(=O)CCCCCCCCCCCCCCC)C(O)C(O)C1O)OC(=O)CCCCCCCCCCCCC. The summed E-state index contributed by atoms with van der Waals surface area (Å²) in [5.41, 5.74) is 0. The Morgan fingerprint density at radius 2 is 0.745 bits per heavy atom. The molecule has 3 fully saturated rings. The van der Waals surface area contributed by atoms with Crippen LogP contribution in [-0.4, -0.2) is 204 Å². The monoisotopic (exact) mass is 1370 g/mol. The highest BCUT2D eigenvalue weighted by Crippen LogP contribution is 2.49. The van der Waals surface area contributed by atoms with E-state index in [1.807, 2.05) is 0 Å². The van der Waals surface area contributed by atoms with Gasteiger partial charge in [-0.1, -0.05) is 226 Å². The first-order valence-corrected chi connectivity index (χ1v) is 38.0. The zero-order valence-corrected chi connectivity index (χ0v) is 58.2. The number of hydrogen-bond acceptors (Lipinski definition) is 23. The molecule has 0 aromatic carbocycles. The highest BCUT2D eigenvalue weighted by atomic mass is 31.2. The van der Waals surface area contributed by atoms with Crippen LogP contribution < -0.4 is 0 Å². The molecule has 0 aromatic rings. The molecule has 18 atom stereocenters. The Morgan fingerprint density at radius 1 is 0.404 bits per heavy atom. The predicted octanol–water partition coefficient (Wildman–Crippen LogP) is 9.18. The molecule has 2 heterocycles. The van der Waals surface area contributed by atoms with Gasteiger partial charge in [-0.2, -0.15) is 0 Å². The van der Waals surface area contributed by atoms with Gasteiger partial charge in [0.15, 0.2) is 18.7 Å². The summed E-state index contributed by atoms with van der Waals surface area (Å²) in [4.78, 5) is 50.8. The number of phosphoric ester groups is 1. The van der Waals surface area contributed by atoms with Crippen molar-refractivity contribution in [1.29, 1.82) is 0 Å². The number of hydrogen-bond donors (Lipinski definition) is 11. The van der Waals surface area contributed by atoms with Gasteiger partial charge in [0.05, 0.1) is 13.2 Å². The number of esters is 3. The van der Waals surface area contributed by atoms with Gasteiger partial charge in [-0.3, -0.25) is 23.4 Å². The maximum Gasteiger partial charge on any atom is 0.472 e. The second-order valence-corrected chi connectivity index (χ2v) is 27.7. The number of phosphoric acid groups is 1. The number of aliphatic hydroxyl groups is 10. The number of carbonyl (C=O) groups excluding carboxylic acids is 3. The van der Waals surface area contributed by atoms with Crippen LogP contribution in [0.15, 0.2) is 12.2 Å². The molecule has 0 radical (unpaired) electrons. The molecule has 2 saturated heterocycles. The van der Waals surface area contributed by atoms with Gasteiger partial charge in [0.2, 0.25) is 0 Å². The van der Waals surface area contributed by atoms with E-state index in [0.29, 0.717) is 19.3 Å². The van der Waals surface area contributed by atoms with E-state index in [0.717, 1.165) is 116 Å². The Balaban J connectivity index is 1.74. The lowest BCUT2D eigenvalue weighted by Crippen LogP contribution is -2.69. The molecule has 552 valence electrons. The fraction of sp³-hybridized carbons (Fsp3) is 0.928. The van der Waals surface area contributed by atoms with Crippen molar-refractivity contribution in [2.75, 3.05) is 26.4 Å². The average Bonchev–Trinajstić information content (AvgIpc) is 0.767. The molecule has 1 aliphatic carbocycles. The van der Waals surface area contributed by atoms with E-state index < -0.39 is 156 Å². The Bertz CT molecular complexity index is 2010. The van der Waals surface area contributed by atoms with E-state index in [1.54, 1.807) is 0 Å². The van der Waals surface area contributed by atoms with Crippen molar-refractivity contribution in [3.05, 3.63) is 12.2 Å². The number of carbonyl (C=O) groups is 3. The molecule has 94 heavy (non-hydrogen) atoms. The van der Waals surface area contributed by atoms with Gasteiger partial charge in [0, 0.05) is 19.3 Å². The third-order valence-electron chi connectivity index (χ3n) is 18.0. The molecule has 11 N–H and O–H groups in total. The Morgan fingerprint density at radius 3 is 1.16 bits per heavy atom. The van der Waals surface area contributed by atoms with Crippen molar-refractivity contribution in [1.82, 2.24) is 0 Å². The molecule has 0 bridgehead atoms. The number of allylic oxidation sites excluding steroid dienone is 2. The molecule has 3 rings (SSSR count). The number of rotatable bonds is 56. The molecular weight excluding hydrogens is 1240 g/mol. The first-order chi connectivity index (χ1) is 45.3. The van der Waals surface area contributed by atoms with E-state index in [4.69, 9.17) is 42.2 Å². The summed E-state index contributed by atoms with van der Waals surface area (Å²) in [6, 6.07) is 0. The van der Waals surface area contributed by atoms with Gasteiger partial charge in [-0.05, 0) is 44.9 Å². The summed E-state index contributed by atoms with van der Waals surface area (Å²) in [5.74, 6) is -1.99. The van der Waals surface area contributed by atoms with Gasteiger partial charge in [0.25, 0.3) is 0 Å². The molecule has 25 heteroatoms. The smallest absolute Gasteiger partial charge is 0.463 e. The standard InChI is InChI=1S/C69H127O24P/c1-4-7-10-13-16-19-22-24-25-27-30-31-34-37-40-43-53(71)85-47-50(88-55(73)45-42-39-36-33-28-21-18-15-12-9-6-3)48-87-94(83,84)93-67-65(91-68-63(81)58(76)56(74)51(46-70)89-68)61(79)60(78)62(80)66(67)92-69-64(82)59(77)57(75)52(90-69)49-86-54(72)44-41-38-35-32-29-26-23-20-17-14-11-8-5-2/h19,22,50-52,56-70,74-82H,4-18,20-21,23-49H2,1-3H3,(H,83,84)/b22-19-. The molecule has 2 aliphatic heterocycles. The van der Waals surface area contributed by atoms with Crippen LogP contribution in [0.5, 0.6) is 0 Å². The summed E-state index contributed by atoms with van der Waals surface area (Å²) in [6.07, 6.45) is 8.71.